The zero-order valence-electron chi connectivity index (χ0n) is 18.3. The van der Waals surface area contributed by atoms with Gasteiger partial charge in [0, 0.05) is 24.1 Å². The predicted octanol–water partition coefficient (Wildman–Crippen LogP) is 1.37. The van der Waals surface area contributed by atoms with Gasteiger partial charge >= 0.3 is 0 Å². The van der Waals surface area contributed by atoms with E-state index >= 15 is 0 Å². The van der Waals surface area contributed by atoms with E-state index in [1.165, 1.54) is 7.11 Å². The smallest absolute Gasteiger partial charge is 0.224 e. The van der Waals surface area contributed by atoms with Crippen LogP contribution < -0.4 is 4.74 Å². The Balaban J connectivity index is 1.57. The zero-order chi connectivity index (χ0) is 23.6. The van der Waals surface area contributed by atoms with Crippen molar-refractivity contribution in [2.75, 3.05) is 26.9 Å². The summed E-state index contributed by atoms with van der Waals surface area (Å²) in [6.45, 7) is 0.758. The summed E-state index contributed by atoms with van der Waals surface area (Å²) >= 11 is 6.45. The molecule has 0 spiro atoms. The molecule has 2 aliphatic rings. The van der Waals surface area contributed by atoms with Crippen molar-refractivity contribution < 1.29 is 39.4 Å². The molecule has 2 aliphatic heterocycles. The first-order valence-electron chi connectivity index (χ1n) is 10.9. The SMILES string of the molecule is CO[C@@]1(c2ccc(Cl)c(Cc3ccc(OC4CCOC4)cc3)c2)OC(CO)C(O)C(O)C1O. The van der Waals surface area contributed by atoms with Crippen molar-refractivity contribution in [2.24, 2.45) is 0 Å². The summed E-state index contributed by atoms with van der Waals surface area (Å²) in [5.41, 5.74) is 2.15. The number of aliphatic hydroxyl groups excluding tert-OH is 4. The Labute approximate surface area is 197 Å². The number of benzene rings is 2. The quantitative estimate of drug-likeness (QED) is 0.469. The fraction of sp³-hybridized carbons (Fsp3) is 0.500. The molecule has 0 radical (unpaired) electrons. The van der Waals surface area contributed by atoms with Crippen LogP contribution in [0.2, 0.25) is 5.02 Å². The van der Waals surface area contributed by atoms with Gasteiger partial charge < -0.3 is 39.4 Å². The van der Waals surface area contributed by atoms with Gasteiger partial charge in [0.15, 0.2) is 0 Å². The van der Waals surface area contributed by atoms with Crippen LogP contribution >= 0.6 is 11.6 Å². The van der Waals surface area contributed by atoms with Gasteiger partial charge in [-0.15, -0.1) is 0 Å². The van der Waals surface area contributed by atoms with Gasteiger partial charge in [0.1, 0.15) is 36.3 Å². The summed E-state index contributed by atoms with van der Waals surface area (Å²) in [5, 5.41) is 41.3. The topological polar surface area (TPSA) is 118 Å². The number of rotatable bonds is 7. The van der Waals surface area contributed by atoms with E-state index in [1.54, 1.807) is 18.2 Å². The molecule has 2 saturated heterocycles. The van der Waals surface area contributed by atoms with Crippen molar-refractivity contribution in [3.63, 3.8) is 0 Å². The van der Waals surface area contributed by atoms with Crippen molar-refractivity contribution in [1.29, 1.82) is 0 Å². The summed E-state index contributed by atoms with van der Waals surface area (Å²) < 4.78 is 22.5. The number of methoxy groups -OCH3 is 1. The van der Waals surface area contributed by atoms with Crippen LogP contribution in [0.5, 0.6) is 5.75 Å². The Morgan fingerprint density at radius 1 is 1.09 bits per heavy atom. The van der Waals surface area contributed by atoms with Gasteiger partial charge in [-0.1, -0.05) is 29.8 Å². The van der Waals surface area contributed by atoms with E-state index in [1.807, 2.05) is 24.3 Å². The van der Waals surface area contributed by atoms with E-state index in [9.17, 15) is 20.4 Å². The molecule has 0 aromatic heterocycles. The normalized spacial score (nSPS) is 32.1. The summed E-state index contributed by atoms with van der Waals surface area (Å²) in [4.78, 5) is 0. The van der Waals surface area contributed by atoms with Crippen LogP contribution in [0.1, 0.15) is 23.1 Å². The summed E-state index contributed by atoms with van der Waals surface area (Å²) in [7, 11) is 1.32. The molecule has 0 bridgehead atoms. The lowest BCUT2D eigenvalue weighted by atomic mass is 9.87. The Morgan fingerprint density at radius 2 is 1.85 bits per heavy atom. The molecule has 2 aromatic carbocycles. The first-order valence-corrected chi connectivity index (χ1v) is 11.3. The summed E-state index contributed by atoms with van der Waals surface area (Å²) in [6.07, 6.45) is -4.33. The molecule has 6 atom stereocenters. The molecule has 4 N–H and O–H groups in total. The first kappa shape index (κ1) is 24.4. The molecule has 0 saturated carbocycles. The van der Waals surface area contributed by atoms with E-state index in [0.717, 1.165) is 23.3 Å². The van der Waals surface area contributed by atoms with Crippen LogP contribution in [-0.2, 0) is 26.4 Å². The minimum atomic E-state index is -1.79. The highest BCUT2D eigenvalue weighted by Crippen LogP contribution is 2.40. The molecular weight excluding hydrogens is 452 g/mol. The van der Waals surface area contributed by atoms with E-state index < -0.39 is 36.8 Å². The maximum atomic E-state index is 10.7. The fourth-order valence-corrected chi connectivity index (χ4v) is 4.48. The van der Waals surface area contributed by atoms with Crippen molar-refractivity contribution in [2.45, 2.75) is 49.1 Å². The van der Waals surface area contributed by atoms with E-state index in [2.05, 4.69) is 0 Å². The number of hydrogen-bond acceptors (Lipinski definition) is 8. The average Bonchev–Trinajstić information content (AvgIpc) is 3.34. The molecule has 0 amide bonds. The molecule has 0 aliphatic carbocycles. The third kappa shape index (κ3) is 4.89. The van der Waals surface area contributed by atoms with Crippen LogP contribution in [0.3, 0.4) is 0 Å². The molecule has 8 nitrogen and oxygen atoms in total. The van der Waals surface area contributed by atoms with Gasteiger partial charge in [-0.25, -0.2) is 0 Å². The molecule has 9 heteroatoms. The highest BCUT2D eigenvalue weighted by atomic mass is 35.5. The second-order valence-corrected chi connectivity index (χ2v) is 8.77. The monoisotopic (exact) mass is 480 g/mol. The second-order valence-electron chi connectivity index (χ2n) is 8.37. The Morgan fingerprint density at radius 3 is 2.48 bits per heavy atom. The number of halogens is 1. The zero-order valence-corrected chi connectivity index (χ0v) is 19.0. The van der Waals surface area contributed by atoms with Gasteiger partial charge in [-0.05, 0) is 41.8 Å². The highest BCUT2D eigenvalue weighted by molar-refractivity contribution is 6.31. The summed E-state index contributed by atoms with van der Waals surface area (Å²) in [6, 6.07) is 12.7. The standard InChI is InChI=1S/C24H29ClO8/c1-30-24(23(29)22(28)21(27)20(12-26)33-24)16-4-7-19(25)15(11-16)10-14-2-5-17(6-3-14)32-18-8-9-31-13-18/h2-7,11,18,20-23,26-29H,8-10,12-13H2,1H3/t18?,20?,21?,22?,23?,24-/m0/s1. The minimum absolute atomic E-state index is 0.0748. The predicted molar refractivity (Wildman–Crippen MR) is 119 cm³/mol. The van der Waals surface area contributed by atoms with E-state index in [4.69, 9.17) is 30.5 Å². The summed E-state index contributed by atoms with van der Waals surface area (Å²) in [5.74, 6) is -1.01. The Kier molecular flexibility index (Phi) is 7.57. The van der Waals surface area contributed by atoms with Gasteiger partial charge in [0.2, 0.25) is 5.79 Å². The molecule has 2 heterocycles. The molecular formula is C24H29ClO8. The minimum Gasteiger partial charge on any atom is -0.488 e. The van der Waals surface area contributed by atoms with Crippen LogP contribution in [-0.4, -0.2) is 77.9 Å². The van der Waals surface area contributed by atoms with E-state index in [0.29, 0.717) is 30.2 Å². The molecule has 2 aromatic rings. The number of aliphatic hydroxyl groups is 4. The maximum absolute atomic E-state index is 10.7. The van der Waals surface area contributed by atoms with Crippen LogP contribution in [0.25, 0.3) is 0 Å². The average molecular weight is 481 g/mol. The fourth-order valence-electron chi connectivity index (χ4n) is 4.30. The third-order valence-corrected chi connectivity index (χ3v) is 6.58. The third-order valence-electron chi connectivity index (χ3n) is 6.21. The Hall–Kier alpha value is -1.75. The second kappa shape index (κ2) is 10.2. The largest absolute Gasteiger partial charge is 0.488 e. The van der Waals surface area contributed by atoms with Crippen LogP contribution in [0.15, 0.2) is 42.5 Å². The Bertz CT molecular complexity index is 931. The lowest BCUT2D eigenvalue weighted by Gasteiger charge is -2.47. The lowest BCUT2D eigenvalue weighted by Crippen LogP contribution is -2.64. The first-order chi connectivity index (χ1) is 15.9. The lowest BCUT2D eigenvalue weighted by molar-refractivity contribution is -0.366. The van der Waals surface area contributed by atoms with Crippen molar-refractivity contribution >= 4 is 11.6 Å². The van der Waals surface area contributed by atoms with Gasteiger partial charge in [0.25, 0.3) is 0 Å². The van der Waals surface area contributed by atoms with E-state index in [-0.39, 0.29) is 6.10 Å². The van der Waals surface area contributed by atoms with Gasteiger partial charge in [0.05, 0.1) is 19.8 Å². The number of ether oxygens (including phenoxy) is 4. The molecule has 2 fully saturated rings. The number of hydrogen-bond donors (Lipinski definition) is 4. The molecule has 4 rings (SSSR count). The van der Waals surface area contributed by atoms with Gasteiger partial charge in [-0.3, -0.25) is 0 Å². The molecule has 180 valence electrons. The van der Waals surface area contributed by atoms with Crippen molar-refractivity contribution in [3.8, 4) is 5.75 Å². The highest BCUT2D eigenvalue weighted by Gasteiger charge is 2.55. The van der Waals surface area contributed by atoms with Crippen molar-refractivity contribution in [3.05, 3.63) is 64.2 Å². The molecule has 33 heavy (non-hydrogen) atoms. The van der Waals surface area contributed by atoms with Crippen molar-refractivity contribution in [1.82, 2.24) is 0 Å². The van der Waals surface area contributed by atoms with Gasteiger partial charge in [-0.2, -0.15) is 0 Å². The maximum Gasteiger partial charge on any atom is 0.224 e. The van der Waals surface area contributed by atoms with Crippen LogP contribution in [0, 0.1) is 0 Å². The van der Waals surface area contributed by atoms with Crippen LogP contribution in [0.4, 0.5) is 0 Å². The molecule has 5 unspecified atom stereocenters.